The molecular weight excluding hydrogens is 451 g/mol. The maximum absolute atomic E-state index is 12.9. The van der Waals surface area contributed by atoms with Crippen LogP contribution in [-0.4, -0.2) is 72.4 Å². The van der Waals surface area contributed by atoms with Gasteiger partial charge in [-0.15, -0.1) is 13.2 Å². The van der Waals surface area contributed by atoms with Crippen LogP contribution in [0.5, 0.6) is 5.75 Å². The van der Waals surface area contributed by atoms with Gasteiger partial charge in [-0.2, -0.15) is 9.40 Å². The van der Waals surface area contributed by atoms with Gasteiger partial charge in [0.1, 0.15) is 10.6 Å². The average Bonchev–Trinajstić information content (AvgIpc) is 3.10. The SMILES string of the molecule is CCn1cc(S(=O)(=O)N2CCN(CC(=O)Nc3ccc(OC(F)(F)F)cc3)CC2)c(C)n1. The fraction of sp³-hybridized carbons (Fsp3) is 0.474. The summed E-state index contributed by atoms with van der Waals surface area (Å²) in [6.07, 6.45) is -3.26. The van der Waals surface area contributed by atoms with Crippen LogP contribution in [0.25, 0.3) is 0 Å². The molecule has 9 nitrogen and oxygen atoms in total. The van der Waals surface area contributed by atoms with E-state index < -0.39 is 16.4 Å². The lowest BCUT2D eigenvalue weighted by molar-refractivity contribution is -0.274. The van der Waals surface area contributed by atoms with E-state index in [4.69, 9.17) is 0 Å². The minimum atomic E-state index is -4.78. The second-order valence-electron chi connectivity index (χ2n) is 7.24. The number of sulfonamides is 1. The zero-order chi connectivity index (χ0) is 23.5. The van der Waals surface area contributed by atoms with E-state index in [-0.39, 0.29) is 36.2 Å². The van der Waals surface area contributed by atoms with Gasteiger partial charge in [0.2, 0.25) is 15.9 Å². The number of benzene rings is 1. The number of carbonyl (C=O) groups is 1. The van der Waals surface area contributed by atoms with Gasteiger partial charge in [-0.25, -0.2) is 8.42 Å². The van der Waals surface area contributed by atoms with Crippen molar-refractivity contribution in [1.82, 2.24) is 19.0 Å². The third kappa shape index (κ3) is 5.99. The number of amides is 1. The number of carbonyl (C=O) groups excluding carboxylic acids is 1. The molecule has 1 saturated heterocycles. The van der Waals surface area contributed by atoms with Crippen molar-refractivity contribution in [3.63, 3.8) is 0 Å². The molecule has 0 bridgehead atoms. The number of nitrogens with zero attached hydrogens (tertiary/aromatic N) is 4. The number of piperazine rings is 1. The number of hydrogen-bond donors (Lipinski definition) is 1. The maximum Gasteiger partial charge on any atom is 0.573 e. The number of anilines is 1. The zero-order valence-electron chi connectivity index (χ0n) is 17.6. The predicted molar refractivity (Wildman–Crippen MR) is 110 cm³/mol. The Morgan fingerprint density at radius 2 is 1.78 bits per heavy atom. The predicted octanol–water partition coefficient (Wildman–Crippen LogP) is 2.06. The van der Waals surface area contributed by atoms with Crippen molar-refractivity contribution in [2.75, 3.05) is 38.0 Å². The Labute approximate surface area is 183 Å². The van der Waals surface area contributed by atoms with Gasteiger partial charge in [0.15, 0.2) is 0 Å². The van der Waals surface area contributed by atoms with E-state index in [1.54, 1.807) is 11.6 Å². The number of aryl methyl sites for hydroxylation is 2. The molecule has 2 heterocycles. The van der Waals surface area contributed by atoms with Crippen molar-refractivity contribution in [2.24, 2.45) is 0 Å². The molecule has 3 rings (SSSR count). The first-order valence-corrected chi connectivity index (χ1v) is 11.3. The first-order valence-electron chi connectivity index (χ1n) is 9.90. The Hall–Kier alpha value is -2.64. The van der Waals surface area contributed by atoms with Crippen LogP contribution in [0.1, 0.15) is 12.6 Å². The van der Waals surface area contributed by atoms with Crippen LogP contribution < -0.4 is 10.1 Å². The first-order chi connectivity index (χ1) is 15.0. The molecule has 1 aliphatic rings. The van der Waals surface area contributed by atoms with Crippen LogP contribution in [0.4, 0.5) is 18.9 Å². The summed E-state index contributed by atoms with van der Waals surface area (Å²) in [7, 11) is -3.67. The molecule has 2 aromatic rings. The van der Waals surface area contributed by atoms with E-state index in [0.29, 0.717) is 31.0 Å². The summed E-state index contributed by atoms with van der Waals surface area (Å²) in [5.74, 6) is -0.738. The molecule has 0 radical (unpaired) electrons. The fourth-order valence-corrected chi connectivity index (χ4v) is 4.92. The third-order valence-electron chi connectivity index (χ3n) is 4.91. The van der Waals surface area contributed by atoms with Crippen LogP contribution >= 0.6 is 0 Å². The Kier molecular flexibility index (Phi) is 7.10. The lowest BCUT2D eigenvalue weighted by atomic mass is 10.3. The van der Waals surface area contributed by atoms with Gasteiger partial charge in [-0.05, 0) is 38.1 Å². The van der Waals surface area contributed by atoms with Gasteiger partial charge in [0, 0.05) is 44.6 Å². The maximum atomic E-state index is 12.9. The largest absolute Gasteiger partial charge is 0.573 e. The molecular formula is C19H24F3N5O4S. The normalized spacial score (nSPS) is 16.2. The molecule has 1 amide bonds. The van der Waals surface area contributed by atoms with E-state index in [2.05, 4.69) is 15.2 Å². The Bertz CT molecular complexity index is 1050. The molecule has 1 aromatic carbocycles. The summed E-state index contributed by atoms with van der Waals surface area (Å²) in [4.78, 5) is 14.3. The summed E-state index contributed by atoms with van der Waals surface area (Å²) in [5, 5.41) is 6.79. The molecule has 0 spiro atoms. The molecule has 1 aromatic heterocycles. The van der Waals surface area contributed by atoms with Gasteiger partial charge in [-0.3, -0.25) is 14.4 Å². The molecule has 32 heavy (non-hydrogen) atoms. The number of aromatic nitrogens is 2. The summed E-state index contributed by atoms with van der Waals surface area (Å²) in [5.41, 5.74) is 0.773. The summed E-state index contributed by atoms with van der Waals surface area (Å²) in [6, 6.07) is 4.83. The third-order valence-corrected chi connectivity index (χ3v) is 6.91. The van der Waals surface area contributed by atoms with Crippen LogP contribution in [0.3, 0.4) is 0 Å². The standard InChI is InChI=1S/C19H24F3N5O4S/c1-3-26-12-17(14(2)24-26)32(29,30)27-10-8-25(9-11-27)13-18(28)23-15-4-6-16(7-5-15)31-19(20,21)22/h4-7,12H,3,8-11,13H2,1-2H3,(H,23,28). The van der Waals surface area contributed by atoms with Crippen LogP contribution in [-0.2, 0) is 21.4 Å². The number of ether oxygens (including phenoxy) is 1. The first kappa shape index (κ1) is 24.0. The van der Waals surface area contributed by atoms with E-state index >= 15 is 0 Å². The van der Waals surface area contributed by atoms with Gasteiger partial charge in [-0.1, -0.05) is 0 Å². The molecule has 0 atom stereocenters. The molecule has 0 saturated carbocycles. The molecule has 1 N–H and O–H groups in total. The molecule has 176 valence electrons. The van der Waals surface area contributed by atoms with Crippen LogP contribution in [0, 0.1) is 6.92 Å². The molecule has 1 aliphatic heterocycles. The number of hydrogen-bond acceptors (Lipinski definition) is 6. The van der Waals surface area contributed by atoms with Crippen molar-refractivity contribution in [2.45, 2.75) is 31.7 Å². The van der Waals surface area contributed by atoms with E-state index in [1.807, 2.05) is 11.8 Å². The second-order valence-corrected chi connectivity index (χ2v) is 9.14. The number of nitrogens with one attached hydrogen (secondary N) is 1. The monoisotopic (exact) mass is 475 g/mol. The highest BCUT2D eigenvalue weighted by Gasteiger charge is 2.32. The van der Waals surface area contributed by atoms with Crippen molar-refractivity contribution >= 4 is 21.6 Å². The van der Waals surface area contributed by atoms with Crippen molar-refractivity contribution in [1.29, 1.82) is 0 Å². The summed E-state index contributed by atoms with van der Waals surface area (Å²) >= 11 is 0. The lowest BCUT2D eigenvalue weighted by Crippen LogP contribution is -2.50. The van der Waals surface area contributed by atoms with E-state index in [1.165, 1.54) is 22.6 Å². The van der Waals surface area contributed by atoms with E-state index in [0.717, 1.165) is 12.1 Å². The Balaban J connectivity index is 1.51. The highest BCUT2D eigenvalue weighted by atomic mass is 32.2. The van der Waals surface area contributed by atoms with Crippen molar-refractivity contribution in [3.05, 3.63) is 36.2 Å². The topological polar surface area (TPSA) is 96.8 Å². The van der Waals surface area contributed by atoms with Gasteiger partial charge in [0.25, 0.3) is 0 Å². The highest BCUT2D eigenvalue weighted by molar-refractivity contribution is 7.89. The number of halogens is 3. The van der Waals surface area contributed by atoms with Crippen molar-refractivity contribution in [3.8, 4) is 5.75 Å². The van der Waals surface area contributed by atoms with Crippen molar-refractivity contribution < 1.29 is 31.1 Å². The van der Waals surface area contributed by atoms with Crippen LogP contribution in [0.15, 0.2) is 35.4 Å². The van der Waals surface area contributed by atoms with E-state index in [9.17, 15) is 26.4 Å². The fourth-order valence-electron chi connectivity index (χ4n) is 3.33. The molecule has 13 heteroatoms. The lowest BCUT2D eigenvalue weighted by Gasteiger charge is -2.33. The molecule has 1 fully saturated rings. The zero-order valence-corrected chi connectivity index (χ0v) is 18.4. The summed E-state index contributed by atoms with van der Waals surface area (Å²) < 4.78 is 69.2. The Morgan fingerprint density at radius 1 is 1.16 bits per heavy atom. The second kappa shape index (κ2) is 9.46. The number of rotatable bonds is 7. The quantitative estimate of drug-likeness (QED) is 0.659. The van der Waals surface area contributed by atoms with Gasteiger partial charge < -0.3 is 10.1 Å². The minimum absolute atomic E-state index is 0.0293. The highest BCUT2D eigenvalue weighted by Crippen LogP contribution is 2.24. The smallest absolute Gasteiger partial charge is 0.406 e. The average molecular weight is 475 g/mol. The van der Waals surface area contributed by atoms with Gasteiger partial charge >= 0.3 is 6.36 Å². The molecule has 0 unspecified atom stereocenters. The number of alkyl halides is 3. The summed E-state index contributed by atoms with van der Waals surface area (Å²) in [6.45, 7) is 5.32. The molecule has 0 aliphatic carbocycles. The van der Waals surface area contributed by atoms with Crippen LogP contribution in [0.2, 0.25) is 0 Å². The minimum Gasteiger partial charge on any atom is -0.406 e. The van der Waals surface area contributed by atoms with Gasteiger partial charge in [0.05, 0.1) is 12.2 Å². The Morgan fingerprint density at radius 3 is 2.31 bits per heavy atom.